The van der Waals surface area contributed by atoms with E-state index in [4.69, 9.17) is 5.11 Å². The minimum atomic E-state index is -4.98. The number of non-ortho nitro benzene ring substituents is 1. The third kappa shape index (κ3) is 2.77. The van der Waals surface area contributed by atoms with Gasteiger partial charge in [0.15, 0.2) is 5.41 Å². The predicted molar refractivity (Wildman–Crippen MR) is 85.1 cm³/mol. The Morgan fingerprint density at radius 1 is 1.31 bits per heavy atom. The molecule has 26 heavy (non-hydrogen) atoms. The number of nitro groups is 1. The van der Waals surface area contributed by atoms with Gasteiger partial charge in [0.05, 0.1) is 9.80 Å². The number of hydrogen-bond donors (Lipinski definition) is 1. The first kappa shape index (κ1) is 18.1. The number of amides is 1. The summed E-state index contributed by atoms with van der Waals surface area (Å²) < 4.78 is 40.2. The second-order valence-electron chi connectivity index (χ2n) is 5.95. The van der Waals surface area contributed by atoms with Gasteiger partial charge in [-0.05, 0) is 18.6 Å². The van der Waals surface area contributed by atoms with E-state index in [2.05, 4.69) is 0 Å². The van der Waals surface area contributed by atoms with Crippen molar-refractivity contribution in [2.45, 2.75) is 12.6 Å². The fourth-order valence-corrected chi connectivity index (χ4v) is 3.93. The molecule has 1 aliphatic heterocycles. The largest absolute Gasteiger partial charge is 0.481 e. The quantitative estimate of drug-likeness (QED) is 0.642. The maximum Gasteiger partial charge on any atom is 0.406 e. The Morgan fingerprint density at radius 3 is 2.54 bits per heavy atom. The van der Waals surface area contributed by atoms with Crippen LogP contribution in [-0.4, -0.2) is 46.1 Å². The third-order valence-electron chi connectivity index (χ3n) is 4.43. The molecule has 3 rings (SSSR count). The highest BCUT2D eigenvalue weighted by Crippen LogP contribution is 2.46. The first-order valence-electron chi connectivity index (χ1n) is 7.32. The van der Waals surface area contributed by atoms with E-state index < -0.39 is 41.4 Å². The van der Waals surface area contributed by atoms with Crippen LogP contribution in [0.15, 0.2) is 24.3 Å². The number of thiophene rings is 1. The first-order valence-corrected chi connectivity index (χ1v) is 8.14. The van der Waals surface area contributed by atoms with E-state index in [1.165, 1.54) is 24.3 Å². The molecule has 1 aliphatic rings. The molecule has 2 heterocycles. The lowest BCUT2D eigenvalue weighted by Crippen LogP contribution is -2.47. The lowest BCUT2D eigenvalue weighted by Gasteiger charge is -2.27. The van der Waals surface area contributed by atoms with Crippen molar-refractivity contribution in [1.82, 2.24) is 4.90 Å². The number of alkyl halides is 3. The number of aliphatic carboxylic acids is 1. The Labute approximate surface area is 147 Å². The van der Waals surface area contributed by atoms with Crippen molar-refractivity contribution in [3.05, 3.63) is 39.3 Å². The molecule has 1 N–H and O–H groups in total. The van der Waals surface area contributed by atoms with Crippen LogP contribution in [0.3, 0.4) is 0 Å². The summed E-state index contributed by atoms with van der Waals surface area (Å²) in [5.41, 5.74) is -3.14. The van der Waals surface area contributed by atoms with Gasteiger partial charge < -0.3 is 10.0 Å². The molecule has 1 amide bonds. The van der Waals surface area contributed by atoms with Gasteiger partial charge in [-0.3, -0.25) is 19.7 Å². The number of fused-ring (bicyclic) bond motifs is 1. The molecule has 1 fully saturated rings. The Kier molecular flexibility index (Phi) is 4.14. The van der Waals surface area contributed by atoms with Gasteiger partial charge >= 0.3 is 12.1 Å². The SMILES string of the molecule is O=C(c1cc2cc([N+](=O)[O-])ccc2s1)N1CCC(C(=O)O)(C(F)(F)F)C1. The monoisotopic (exact) mass is 388 g/mol. The Balaban J connectivity index is 1.89. The van der Waals surface area contributed by atoms with Crippen LogP contribution in [0, 0.1) is 15.5 Å². The van der Waals surface area contributed by atoms with Crippen LogP contribution in [0.2, 0.25) is 0 Å². The van der Waals surface area contributed by atoms with Crippen LogP contribution in [0.4, 0.5) is 18.9 Å². The molecule has 11 heteroatoms. The van der Waals surface area contributed by atoms with Gasteiger partial charge in [-0.25, -0.2) is 0 Å². The highest BCUT2D eigenvalue weighted by atomic mass is 32.1. The summed E-state index contributed by atoms with van der Waals surface area (Å²) in [6, 6.07) is 5.35. The van der Waals surface area contributed by atoms with Crippen LogP contribution in [0.1, 0.15) is 16.1 Å². The number of hydrogen-bond acceptors (Lipinski definition) is 5. The van der Waals surface area contributed by atoms with Gasteiger partial charge in [0.2, 0.25) is 0 Å². The molecule has 1 aromatic heterocycles. The molecule has 0 aliphatic carbocycles. The Hall–Kier alpha value is -2.69. The molecular weight excluding hydrogens is 377 g/mol. The summed E-state index contributed by atoms with van der Waals surface area (Å²) in [5, 5.41) is 20.3. The molecule has 0 spiro atoms. The number of carbonyl (C=O) groups is 2. The van der Waals surface area contributed by atoms with Gasteiger partial charge in [0.25, 0.3) is 11.6 Å². The van der Waals surface area contributed by atoms with Crippen molar-refractivity contribution < 1.29 is 32.8 Å². The number of halogens is 3. The summed E-state index contributed by atoms with van der Waals surface area (Å²) in [6.45, 7) is -1.29. The number of carboxylic acids is 1. The van der Waals surface area contributed by atoms with Gasteiger partial charge in [-0.2, -0.15) is 13.2 Å². The van der Waals surface area contributed by atoms with Crippen molar-refractivity contribution in [1.29, 1.82) is 0 Å². The maximum absolute atomic E-state index is 13.2. The van der Waals surface area contributed by atoms with Crippen molar-refractivity contribution in [3.8, 4) is 0 Å². The van der Waals surface area contributed by atoms with E-state index in [0.717, 1.165) is 16.2 Å². The van der Waals surface area contributed by atoms with E-state index in [9.17, 15) is 32.9 Å². The normalized spacial score (nSPS) is 20.5. The summed E-state index contributed by atoms with van der Waals surface area (Å²) >= 11 is 0.986. The molecule has 1 aromatic carbocycles. The first-order chi connectivity index (χ1) is 12.0. The Bertz CT molecular complexity index is 926. The number of carbonyl (C=O) groups excluding carboxylic acids is 1. The zero-order chi connectivity index (χ0) is 19.3. The predicted octanol–water partition coefficient (Wildman–Crippen LogP) is 3.29. The van der Waals surface area contributed by atoms with Gasteiger partial charge in [-0.1, -0.05) is 0 Å². The minimum absolute atomic E-state index is 0.101. The third-order valence-corrected chi connectivity index (χ3v) is 5.53. The molecular formula is C15H11F3N2O5S. The number of nitrogens with zero attached hydrogens (tertiary/aromatic N) is 2. The zero-order valence-electron chi connectivity index (χ0n) is 12.9. The van der Waals surface area contributed by atoms with E-state index >= 15 is 0 Å². The molecule has 0 radical (unpaired) electrons. The van der Waals surface area contributed by atoms with Gasteiger partial charge in [0.1, 0.15) is 0 Å². The molecule has 1 saturated heterocycles. The molecule has 1 unspecified atom stereocenters. The minimum Gasteiger partial charge on any atom is -0.481 e. The topological polar surface area (TPSA) is 101 Å². The van der Waals surface area contributed by atoms with E-state index in [1.807, 2.05) is 0 Å². The van der Waals surface area contributed by atoms with Gasteiger partial charge in [0, 0.05) is 35.3 Å². The van der Waals surface area contributed by atoms with Crippen molar-refractivity contribution in [2.75, 3.05) is 13.1 Å². The Morgan fingerprint density at radius 2 is 2.00 bits per heavy atom. The van der Waals surface area contributed by atoms with Gasteiger partial charge in [-0.15, -0.1) is 11.3 Å². The summed E-state index contributed by atoms with van der Waals surface area (Å²) in [5.74, 6) is -2.73. The molecule has 138 valence electrons. The lowest BCUT2D eigenvalue weighted by molar-refractivity contribution is -0.384. The van der Waals surface area contributed by atoms with Crippen molar-refractivity contribution in [2.24, 2.45) is 5.41 Å². The van der Waals surface area contributed by atoms with Crippen molar-refractivity contribution in [3.63, 3.8) is 0 Å². The average Bonchev–Trinajstić information content (AvgIpc) is 3.17. The fraction of sp³-hybridized carbons (Fsp3) is 0.333. The van der Waals surface area contributed by atoms with Crippen molar-refractivity contribution >= 4 is 39.0 Å². The standard InChI is InChI=1S/C15H11F3N2O5S/c16-15(17,18)14(13(22)23)3-4-19(7-14)12(21)11-6-8-5-9(20(24)25)1-2-10(8)26-11/h1-2,5-6H,3-4,7H2,(H,22,23). The average molecular weight is 388 g/mol. The van der Waals surface area contributed by atoms with E-state index in [0.29, 0.717) is 10.1 Å². The highest BCUT2D eigenvalue weighted by Gasteiger charge is 2.64. The molecule has 1 atom stereocenters. The summed E-state index contributed by atoms with van der Waals surface area (Å²) in [7, 11) is 0. The second-order valence-corrected chi connectivity index (χ2v) is 7.04. The lowest BCUT2D eigenvalue weighted by atomic mass is 9.86. The number of benzene rings is 1. The van der Waals surface area contributed by atoms with Crippen LogP contribution in [0.5, 0.6) is 0 Å². The molecule has 7 nitrogen and oxygen atoms in total. The van der Waals surface area contributed by atoms with Crippen LogP contribution >= 0.6 is 11.3 Å². The molecule has 0 saturated carbocycles. The summed E-state index contributed by atoms with van der Waals surface area (Å²) in [4.78, 5) is 34.9. The smallest absolute Gasteiger partial charge is 0.406 e. The van der Waals surface area contributed by atoms with E-state index in [-0.39, 0.29) is 17.1 Å². The fourth-order valence-electron chi connectivity index (χ4n) is 2.92. The van der Waals surface area contributed by atoms with E-state index in [1.54, 1.807) is 0 Å². The zero-order valence-corrected chi connectivity index (χ0v) is 13.8. The number of rotatable bonds is 3. The molecule has 0 bridgehead atoms. The van der Waals surface area contributed by atoms with Crippen LogP contribution in [0.25, 0.3) is 10.1 Å². The van der Waals surface area contributed by atoms with Crippen LogP contribution < -0.4 is 0 Å². The van der Waals surface area contributed by atoms with Crippen LogP contribution in [-0.2, 0) is 4.79 Å². The number of nitro benzene ring substituents is 1. The maximum atomic E-state index is 13.2. The summed E-state index contributed by atoms with van der Waals surface area (Å²) in [6.07, 6.45) is -5.69. The second kappa shape index (κ2) is 5.94. The number of carboxylic acid groups (broad SMARTS) is 1. The highest BCUT2D eigenvalue weighted by molar-refractivity contribution is 7.20. The molecule has 2 aromatic rings. The number of likely N-dealkylation sites (tertiary alicyclic amines) is 1.